The molecular formula is C25H21Cl2N3O7. The predicted molar refractivity (Wildman–Crippen MR) is 138 cm³/mol. The van der Waals surface area contributed by atoms with E-state index in [1.54, 1.807) is 25.1 Å². The van der Waals surface area contributed by atoms with Crippen molar-refractivity contribution in [3.8, 4) is 17.2 Å². The van der Waals surface area contributed by atoms with Crippen molar-refractivity contribution in [2.24, 2.45) is 5.10 Å². The normalized spacial score (nSPS) is 11.6. The Morgan fingerprint density at radius 2 is 1.84 bits per heavy atom. The number of nitro groups is 1. The van der Waals surface area contributed by atoms with Crippen LogP contribution in [0.5, 0.6) is 17.2 Å². The summed E-state index contributed by atoms with van der Waals surface area (Å²) in [4.78, 5) is 35.4. The highest BCUT2D eigenvalue weighted by Crippen LogP contribution is 2.30. The smallest absolute Gasteiger partial charge is 0.345 e. The number of carbonyl (C=O) groups is 2. The summed E-state index contributed by atoms with van der Waals surface area (Å²) >= 11 is 12.0. The minimum absolute atomic E-state index is 0.0366. The molecule has 37 heavy (non-hydrogen) atoms. The van der Waals surface area contributed by atoms with Crippen LogP contribution in [0.1, 0.15) is 29.8 Å². The Kier molecular flexibility index (Phi) is 9.42. The van der Waals surface area contributed by atoms with Gasteiger partial charge in [-0.25, -0.2) is 10.2 Å². The number of esters is 1. The molecule has 0 saturated carbocycles. The van der Waals surface area contributed by atoms with Gasteiger partial charge < -0.3 is 14.2 Å². The number of hydrogen-bond donors (Lipinski definition) is 1. The quantitative estimate of drug-likeness (QED) is 0.118. The van der Waals surface area contributed by atoms with Crippen LogP contribution in [0.4, 0.5) is 5.69 Å². The predicted octanol–water partition coefficient (Wildman–Crippen LogP) is 5.44. The number of para-hydroxylation sites is 2. The molecule has 1 N–H and O–H groups in total. The van der Waals surface area contributed by atoms with Crippen molar-refractivity contribution >= 4 is 47.0 Å². The summed E-state index contributed by atoms with van der Waals surface area (Å²) in [6, 6.07) is 14.8. The first-order valence-electron chi connectivity index (χ1n) is 10.9. The maximum atomic E-state index is 12.6. The van der Waals surface area contributed by atoms with Crippen molar-refractivity contribution in [3.63, 3.8) is 0 Å². The van der Waals surface area contributed by atoms with Crippen LogP contribution in [-0.4, -0.2) is 35.7 Å². The van der Waals surface area contributed by atoms with E-state index in [-0.39, 0.29) is 33.5 Å². The number of nitrogens with zero attached hydrogens (tertiary/aromatic N) is 2. The van der Waals surface area contributed by atoms with Crippen molar-refractivity contribution in [2.45, 2.75) is 20.0 Å². The molecule has 0 aliphatic carbocycles. The lowest BCUT2D eigenvalue weighted by atomic mass is 10.2. The molecule has 0 saturated heterocycles. The van der Waals surface area contributed by atoms with Crippen LogP contribution in [0.3, 0.4) is 0 Å². The molecule has 0 unspecified atom stereocenters. The third-order valence-electron chi connectivity index (χ3n) is 4.74. The van der Waals surface area contributed by atoms with Crippen molar-refractivity contribution in [3.05, 3.63) is 92.0 Å². The lowest BCUT2D eigenvalue weighted by Crippen LogP contribution is -2.33. The van der Waals surface area contributed by atoms with Gasteiger partial charge in [0.25, 0.3) is 5.91 Å². The first-order chi connectivity index (χ1) is 17.7. The van der Waals surface area contributed by atoms with Crippen LogP contribution in [0.25, 0.3) is 0 Å². The van der Waals surface area contributed by atoms with Gasteiger partial charge in [0.15, 0.2) is 23.4 Å². The molecule has 0 aliphatic rings. The maximum Gasteiger partial charge on any atom is 0.345 e. The highest BCUT2D eigenvalue weighted by atomic mass is 35.5. The fourth-order valence-corrected chi connectivity index (χ4v) is 3.47. The summed E-state index contributed by atoms with van der Waals surface area (Å²) in [7, 11) is 0. The second kappa shape index (κ2) is 12.7. The molecule has 0 spiro atoms. The summed E-state index contributed by atoms with van der Waals surface area (Å²) < 4.78 is 16.4. The van der Waals surface area contributed by atoms with Gasteiger partial charge in [-0.3, -0.25) is 14.9 Å². The van der Waals surface area contributed by atoms with E-state index in [9.17, 15) is 19.7 Å². The number of nitro benzene ring substituents is 1. The molecule has 0 aliphatic heterocycles. The lowest BCUT2D eigenvalue weighted by Gasteiger charge is -2.13. The number of rotatable bonds is 10. The van der Waals surface area contributed by atoms with E-state index >= 15 is 0 Å². The molecule has 3 aromatic carbocycles. The van der Waals surface area contributed by atoms with Crippen LogP contribution in [0.15, 0.2) is 65.8 Å². The van der Waals surface area contributed by atoms with Gasteiger partial charge >= 0.3 is 11.7 Å². The molecule has 0 heterocycles. The molecule has 0 aromatic heterocycles. The Labute approximate surface area is 221 Å². The molecule has 3 aromatic rings. The van der Waals surface area contributed by atoms with Gasteiger partial charge in [-0.05, 0) is 61.9 Å². The van der Waals surface area contributed by atoms with Gasteiger partial charge in [-0.15, -0.1) is 0 Å². The summed E-state index contributed by atoms with van der Waals surface area (Å²) in [6.07, 6.45) is 0.290. The molecule has 3 rings (SSSR count). The van der Waals surface area contributed by atoms with E-state index in [0.29, 0.717) is 17.2 Å². The van der Waals surface area contributed by atoms with Crippen LogP contribution >= 0.6 is 23.2 Å². The zero-order valence-corrected chi connectivity index (χ0v) is 21.2. The molecule has 0 bridgehead atoms. The second-order valence-electron chi connectivity index (χ2n) is 7.37. The van der Waals surface area contributed by atoms with Crippen molar-refractivity contribution in [1.82, 2.24) is 5.43 Å². The van der Waals surface area contributed by atoms with Gasteiger partial charge in [0.05, 0.1) is 28.3 Å². The average Bonchev–Trinajstić information content (AvgIpc) is 2.85. The van der Waals surface area contributed by atoms with E-state index < -0.39 is 22.9 Å². The van der Waals surface area contributed by atoms with E-state index in [0.717, 1.165) is 0 Å². The zero-order valence-electron chi connectivity index (χ0n) is 19.6. The number of hydrazone groups is 1. The zero-order chi connectivity index (χ0) is 26.9. The first kappa shape index (κ1) is 27.4. The Hall–Kier alpha value is -4.15. The molecular weight excluding hydrogens is 525 g/mol. The first-order valence-corrected chi connectivity index (χ1v) is 11.6. The highest BCUT2D eigenvalue weighted by Gasteiger charge is 2.20. The van der Waals surface area contributed by atoms with E-state index in [4.69, 9.17) is 37.4 Å². The summed E-state index contributed by atoms with van der Waals surface area (Å²) in [5.74, 6) is -0.922. The number of ether oxygens (including phenoxy) is 3. The number of amides is 1. The van der Waals surface area contributed by atoms with E-state index in [1.165, 1.54) is 55.6 Å². The molecule has 12 heteroatoms. The topological polar surface area (TPSA) is 129 Å². The standard InChI is InChI=1S/C25H21Cl2N3O7/c1-3-35-23-12-16(8-11-22(23)37-25(32)18-10-9-17(26)13-19(18)27)14-28-29-24(31)15(2)36-21-7-5-4-6-20(21)30(33)34/h4-15H,3H2,1-2H3,(H,29,31)/b28-14-/t15-/m1/s1. The van der Waals surface area contributed by atoms with Gasteiger partial charge in [0.2, 0.25) is 0 Å². The number of hydrogen-bond acceptors (Lipinski definition) is 8. The van der Waals surface area contributed by atoms with E-state index in [1.807, 2.05) is 0 Å². The number of nitrogens with one attached hydrogen (secondary N) is 1. The fraction of sp³-hybridized carbons (Fsp3) is 0.160. The van der Waals surface area contributed by atoms with Crippen LogP contribution in [0, 0.1) is 10.1 Å². The van der Waals surface area contributed by atoms with E-state index in [2.05, 4.69) is 10.5 Å². The average molecular weight is 546 g/mol. The Bertz CT molecular complexity index is 1350. The summed E-state index contributed by atoms with van der Waals surface area (Å²) in [6.45, 7) is 3.50. The third kappa shape index (κ3) is 7.42. The fourth-order valence-electron chi connectivity index (χ4n) is 2.98. The van der Waals surface area contributed by atoms with Gasteiger partial charge in [0.1, 0.15) is 0 Å². The van der Waals surface area contributed by atoms with Gasteiger partial charge in [-0.2, -0.15) is 5.10 Å². The monoisotopic (exact) mass is 545 g/mol. The Balaban J connectivity index is 1.66. The minimum Gasteiger partial charge on any atom is -0.490 e. The van der Waals surface area contributed by atoms with Crippen LogP contribution < -0.4 is 19.6 Å². The number of carbonyl (C=O) groups excluding carboxylic acids is 2. The molecule has 0 radical (unpaired) electrons. The second-order valence-corrected chi connectivity index (χ2v) is 8.22. The molecule has 1 amide bonds. The molecule has 10 nitrogen and oxygen atoms in total. The third-order valence-corrected chi connectivity index (χ3v) is 5.29. The van der Waals surface area contributed by atoms with Crippen LogP contribution in [-0.2, 0) is 4.79 Å². The Morgan fingerprint density at radius 1 is 1.08 bits per heavy atom. The molecule has 1 atom stereocenters. The summed E-state index contributed by atoms with van der Waals surface area (Å²) in [5.41, 5.74) is 2.72. The largest absolute Gasteiger partial charge is 0.490 e. The van der Waals surface area contributed by atoms with Crippen molar-refractivity contribution < 1.29 is 28.7 Å². The lowest BCUT2D eigenvalue weighted by molar-refractivity contribution is -0.386. The van der Waals surface area contributed by atoms with Crippen LogP contribution in [0.2, 0.25) is 10.0 Å². The number of benzene rings is 3. The minimum atomic E-state index is -1.06. The molecule has 192 valence electrons. The molecule has 0 fully saturated rings. The number of halogens is 2. The highest BCUT2D eigenvalue weighted by molar-refractivity contribution is 6.36. The van der Waals surface area contributed by atoms with Gasteiger partial charge in [-0.1, -0.05) is 35.3 Å². The van der Waals surface area contributed by atoms with Gasteiger partial charge in [0, 0.05) is 11.1 Å². The van der Waals surface area contributed by atoms with Crippen molar-refractivity contribution in [2.75, 3.05) is 6.61 Å². The van der Waals surface area contributed by atoms with Crippen molar-refractivity contribution in [1.29, 1.82) is 0 Å². The SMILES string of the molecule is CCOc1cc(/C=N\NC(=O)[C@@H](C)Oc2ccccc2[N+](=O)[O-])ccc1OC(=O)c1ccc(Cl)cc1Cl. The summed E-state index contributed by atoms with van der Waals surface area (Å²) in [5, 5.41) is 15.5. The Morgan fingerprint density at radius 3 is 2.54 bits per heavy atom. The maximum absolute atomic E-state index is 12.6.